The number of ether oxygens (including phenoxy) is 3. The molecule has 0 saturated carbocycles. The van der Waals surface area contributed by atoms with Crippen LogP contribution in [0.4, 0.5) is 0 Å². The molecule has 0 aliphatic carbocycles. The van der Waals surface area contributed by atoms with Crippen molar-refractivity contribution in [3.8, 4) is 17.2 Å². The van der Waals surface area contributed by atoms with Crippen molar-refractivity contribution in [3.05, 3.63) is 53.1 Å². The zero-order valence-corrected chi connectivity index (χ0v) is 13.4. The van der Waals surface area contributed by atoms with Crippen LogP contribution < -0.4 is 9.47 Å². The Kier molecular flexibility index (Phi) is 4.47. The van der Waals surface area contributed by atoms with E-state index in [4.69, 9.17) is 19.3 Å². The molecule has 1 atom stereocenters. The Bertz CT molecular complexity index is 811. The van der Waals surface area contributed by atoms with Crippen molar-refractivity contribution in [3.63, 3.8) is 0 Å². The molecular weight excluding hydrogens is 328 g/mol. The van der Waals surface area contributed by atoms with Crippen LogP contribution in [0.3, 0.4) is 0 Å². The average molecular weight is 344 g/mol. The smallest absolute Gasteiger partial charge is 0.335 e. The van der Waals surface area contributed by atoms with E-state index in [2.05, 4.69) is 0 Å². The number of methoxy groups -OCH3 is 1. The molecule has 2 N–H and O–H groups in total. The summed E-state index contributed by atoms with van der Waals surface area (Å²) in [7, 11) is 1.28. The van der Waals surface area contributed by atoms with Gasteiger partial charge in [0.05, 0.1) is 19.1 Å². The SMILES string of the molecule is COC(=O)CC(c1ccc(C(=O)O)cc1)c1cc2c(cc1O)OCO2. The predicted octanol–water partition coefficient (Wildman–Crippen LogP) is 2.51. The maximum absolute atomic E-state index is 11.8. The first-order valence-electron chi connectivity index (χ1n) is 7.52. The molecule has 1 aliphatic heterocycles. The zero-order valence-electron chi connectivity index (χ0n) is 13.4. The van der Waals surface area contributed by atoms with E-state index in [1.165, 1.54) is 25.3 Å². The van der Waals surface area contributed by atoms with Crippen LogP contribution in [0.1, 0.15) is 33.8 Å². The quantitative estimate of drug-likeness (QED) is 0.803. The number of hydrogen-bond acceptors (Lipinski definition) is 6. The Morgan fingerprint density at radius 3 is 2.40 bits per heavy atom. The molecule has 3 rings (SSSR count). The van der Waals surface area contributed by atoms with Gasteiger partial charge in [-0.25, -0.2) is 4.79 Å². The summed E-state index contributed by atoms with van der Waals surface area (Å²) < 4.78 is 15.3. The molecule has 25 heavy (non-hydrogen) atoms. The van der Waals surface area contributed by atoms with Gasteiger partial charge in [0.2, 0.25) is 6.79 Å². The lowest BCUT2D eigenvalue weighted by Gasteiger charge is -2.19. The second-order valence-electron chi connectivity index (χ2n) is 5.52. The molecule has 7 nitrogen and oxygen atoms in total. The number of carbonyl (C=O) groups is 2. The summed E-state index contributed by atoms with van der Waals surface area (Å²) in [5.74, 6) is -1.15. The van der Waals surface area contributed by atoms with Crippen molar-refractivity contribution >= 4 is 11.9 Å². The summed E-state index contributed by atoms with van der Waals surface area (Å²) >= 11 is 0. The van der Waals surface area contributed by atoms with Crippen LogP contribution in [0.2, 0.25) is 0 Å². The van der Waals surface area contributed by atoms with Crippen LogP contribution in [0, 0.1) is 0 Å². The standard InChI is InChI=1S/C18H16O7/c1-23-17(20)7-12(10-2-4-11(5-3-10)18(21)22)13-6-15-16(8-14(13)19)25-9-24-15/h2-6,8,12,19H,7,9H2,1H3,(H,21,22). The number of carboxylic acids is 1. The molecule has 1 unspecified atom stereocenters. The highest BCUT2D eigenvalue weighted by Gasteiger charge is 2.26. The highest BCUT2D eigenvalue weighted by Crippen LogP contribution is 2.43. The predicted molar refractivity (Wildman–Crippen MR) is 86.1 cm³/mol. The summed E-state index contributed by atoms with van der Waals surface area (Å²) in [5, 5.41) is 19.4. The van der Waals surface area contributed by atoms with Gasteiger partial charge in [-0.05, 0) is 23.8 Å². The highest BCUT2D eigenvalue weighted by atomic mass is 16.7. The van der Waals surface area contributed by atoms with E-state index in [1.807, 2.05) is 0 Å². The molecule has 7 heteroatoms. The number of rotatable bonds is 5. The topological polar surface area (TPSA) is 102 Å². The van der Waals surface area contributed by atoms with Crippen molar-refractivity contribution in [1.29, 1.82) is 0 Å². The normalized spacial score (nSPS) is 13.3. The van der Waals surface area contributed by atoms with Gasteiger partial charge in [0.25, 0.3) is 0 Å². The molecule has 1 heterocycles. The molecule has 0 bridgehead atoms. The second-order valence-corrected chi connectivity index (χ2v) is 5.52. The Morgan fingerprint density at radius 2 is 1.80 bits per heavy atom. The fourth-order valence-corrected chi connectivity index (χ4v) is 2.74. The number of aromatic carboxylic acids is 1. The van der Waals surface area contributed by atoms with E-state index in [9.17, 15) is 14.7 Å². The monoisotopic (exact) mass is 344 g/mol. The first kappa shape index (κ1) is 16.6. The van der Waals surface area contributed by atoms with E-state index in [0.717, 1.165) is 0 Å². The van der Waals surface area contributed by atoms with Crippen LogP contribution in [0.25, 0.3) is 0 Å². The molecule has 0 saturated heterocycles. The van der Waals surface area contributed by atoms with Crippen molar-refractivity contribution in [1.82, 2.24) is 0 Å². The average Bonchev–Trinajstić information content (AvgIpc) is 3.06. The van der Waals surface area contributed by atoms with Gasteiger partial charge in [0.1, 0.15) is 5.75 Å². The Morgan fingerprint density at radius 1 is 1.16 bits per heavy atom. The Labute approximate surface area is 143 Å². The van der Waals surface area contributed by atoms with Crippen LogP contribution in [0.5, 0.6) is 17.2 Å². The Balaban J connectivity index is 2.03. The maximum Gasteiger partial charge on any atom is 0.335 e. The largest absolute Gasteiger partial charge is 0.508 e. The van der Waals surface area contributed by atoms with Gasteiger partial charge < -0.3 is 24.4 Å². The van der Waals surface area contributed by atoms with Gasteiger partial charge in [-0.3, -0.25) is 4.79 Å². The molecule has 1 aliphatic rings. The maximum atomic E-state index is 11.8. The minimum absolute atomic E-state index is 0.0177. The molecule has 0 spiro atoms. The zero-order chi connectivity index (χ0) is 18.0. The van der Waals surface area contributed by atoms with Crippen molar-refractivity contribution in [2.45, 2.75) is 12.3 Å². The van der Waals surface area contributed by atoms with Gasteiger partial charge in [0.15, 0.2) is 11.5 Å². The number of phenols is 1. The number of benzene rings is 2. The molecule has 0 amide bonds. The first-order valence-corrected chi connectivity index (χ1v) is 7.52. The van der Waals surface area contributed by atoms with E-state index in [1.54, 1.807) is 18.2 Å². The van der Waals surface area contributed by atoms with Gasteiger partial charge in [-0.15, -0.1) is 0 Å². The lowest BCUT2D eigenvalue weighted by molar-refractivity contribution is -0.140. The lowest BCUT2D eigenvalue weighted by atomic mass is 9.87. The minimum atomic E-state index is -1.04. The van der Waals surface area contributed by atoms with Crippen LogP contribution in [-0.2, 0) is 9.53 Å². The number of phenolic OH excluding ortho intramolecular Hbond substituents is 1. The number of aromatic hydroxyl groups is 1. The summed E-state index contributed by atoms with van der Waals surface area (Å²) in [6.45, 7) is 0.0627. The first-order chi connectivity index (χ1) is 12.0. The summed E-state index contributed by atoms with van der Waals surface area (Å²) in [4.78, 5) is 22.8. The van der Waals surface area contributed by atoms with Gasteiger partial charge in [-0.2, -0.15) is 0 Å². The molecule has 130 valence electrons. The fraction of sp³-hybridized carbons (Fsp3) is 0.222. The molecule has 0 fully saturated rings. The van der Waals surface area contributed by atoms with Crippen molar-refractivity contribution in [2.24, 2.45) is 0 Å². The van der Waals surface area contributed by atoms with Gasteiger partial charge in [0, 0.05) is 17.5 Å². The number of esters is 1. The molecular formula is C18H16O7. The van der Waals surface area contributed by atoms with E-state index < -0.39 is 17.9 Å². The minimum Gasteiger partial charge on any atom is -0.508 e. The van der Waals surface area contributed by atoms with Crippen LogP contribution in [-0.4, -0.2) is 36.1 Å². The molecule has 2 aromatic carbocycles. The number of fused-ring (bicyclic) bond motifs is 1. The van der Waals surface area contributed by atoms with Gasteiger partial charge in [-0.1, -0.05) is 12.1 Å². The molecule has 0 radical (unpaired) electrons. The van der Waals surface area contributed by atoms with Crippen LogP contribution >= 0.6 is 0 Å². The fourth-order valence-electron chi connectivity index (χ4n) is 2.74. The van der Waals surface area contributed by atoms with Crippen molar-refractivity contribution < 1.29 is 34.0 Å². The van der Waals surface area contributed by atoms with E-state index in [0.29, 0.717) is 22.6 Å². The molecule has 2 aromatic rings. The van der Waals surface area contributed by atoms with Gasteiger partial charge >= 0.3 is 11.9 Å². The third-order valence-electron chi connectivity index (χ3n) is 4.06. The number of carbonyl (C=O) groups excluding carboxylic acids is 1. The second kappa shape index (κ2) is 6.72. The Hall–Kier alpha value is -3.22. The van der Waals surface area contributed by atoms with E-state index >= 15 is 0 Å². The summed E-state index contributed by atoms with van der Waals surface area (Å²) in [5.41, 5.74) is 1.28. The third kappa shape index (κ3) is 3.35. The highest BCUT2D eigenvalue weighted by molar-refractivity contribution is 5.87. The summed E-state index contributed by atoms with van der Waals surface area (Å²) in [6, 6.07) is 9.18. The van der Waals surface area contributed by atoms with Crippen LogP contribution in [0.15, 0.2) is 36.4 Å². The number of hydrogen-bond donors (Lipinski definition) is 2. The van der Waals surface area contributed by atoms with E-state index in [-0.39, 0.29) is 24.5 Å². The third-order valence-corrected chi connectivity index (χ3v) is 4.06. The summed E-state index contributed by atoms with van der Waals surface area (Å²) in [6.07, 6.45) is -0.0177. The molecule has 0 aromatic heterocycles. The lowest BCUT2D eigenvalue weighted by Crippen LogP contribution is -2.11. The van der Waals surface area contributed by atoms with Crippen molar-refractivity contribution in [2.75, 3.05) is 13.9 Å². The number of carboxylic acid groups (broad SMARTS) is 1.